The van der Waals surface area contributed by atoms with Crippen LogP contribution in [0, 0.1) is 11.6 Å². The Morgan fingerprint density at radius 3 is 2.07 bits per heavy atom. The lowest BCUT2D eigenvalue weighted by molar-refractivity contribution is 0.501. The molecule has 1 aromatic carbocycles. The maximum atomic E-state index is 13.4. The highest BCUT2D eigenvalue weighted by atomic mass is 32.2. The molecule has 0 aliphatic heterocycles. The molecule has 0 bridgehead atoms. The first kappa shape index (κ1) is 12.5. The zero-order valence-electron chi connectivity index (χ0n) is 9.10. The molecule has 0 aliphatic carbocycles. The van der Waals surface area contributed by atoms with Gasteiger partial charge in [0.05, 0.1) is 4.90 Å². The molecule has 0 atom stereocenters. The van der Waals surface area contributed by atoms with Gasteiger partial charge in [0, 0.05) is 5.54 Å². The van der Waals surface area contributed by atoms with E-state index >= 15 is 0 Å². The van der Waals surface area contributed by atoms with E-state index in [-0.39, 0.29) is 4.90 Å². The molecule has 4 heteroatoms. The lowest BCUT2D eigenvalue weighted by Gasteiger charge is -2.18. The van der Waals surface area contributed by atoms with E-state index in [0.29, 0.717) is 12.0 Å². The molecule has 1 aromatic rings. The van der Waals surface area contributed by atoms with Crippen LogP contribution >= 0.6 is 11.8 Å². The molecule has 0 saturated heterocycles. The lowest BCUT2D eigenvalue weighted by atomic mass is 9.96. The van der Waals surface area contributed by atoms with Gasteiger partial charge in [-0.2, -0.15) is 0 Å². The average molecular weight is 231 g/mol. The predicted octanol–water partition coefficient (Wildman–Crippen LogP) is 2.97. The lowest BCUT2D eigenvalue weighted by Crippen LogP contribution is -2.34. The number of thioether (sulfide) groups is 1. The van der Waals surface area contributed by atoms with Gasteiger partial charge in [0.15, 0.2) is 0 Å². The van der Waals surface area contributed by atoms with E-state index in [2.05, 4.69) is 0 Å². The maximum Gasteiger partial charge on any atom is 0.139 e. The van der Waals surface area contributed by atoms with Crippen molar-refractivity contribution >= 4 is 11.8 Å². The SMILES string of the molecule is CSc1c(F)cc(CC(C)(C)N)cc1F. The van der Waals surface area contributed by atoms with Gasteiger partial charge in [0.2, 0.25) is 0 Å². The summed E-state index contributed by atoms with van der Waals surface area (Å²) < 4.78 is 26.8. The average Bonchev–Trinajstić information content (AvgIpc) is 1.99. The second-order valence-corrected chi connectivity index (χ2v) is 5.07. The number of hydrogen-bond donors (Lipinski definition) is 1. The molecule has 0 aromatic heterocycles. The second-order valence-electron chi connectivity index (χ2n) is 4.26. The smallest absolute Gasteiger partial charge is 0.139 e. The quantitative estimate of drug-likeness (QED) is 0.809. The summed E-state index contributed by atoms with van der Waals surface area (Å²) in [5.74, 6) is -1.02. The summed E-state index contributed by atoms with van der Waals surface area (Å²) in [6.45, 7) is 3.65. The number of halogens is 2. The third-order valence-corrected chi connectivity index (χ3v) is 2.72. The van der Waals surface area contributed by atoms with E-state index in [1.165, 1.54) is 12.1 Å². The van der Waals surface area contributed by atoms with Crippen LogP contribution in [0.3, 0.4) is 0 Å². The molecule has 0 unspecified atom stereocenters. The van der Waals surface area contributed by atoms with Crippen molar-refractivity contribution in [3.05, 3.63) is 29.3 Å². The molecule has 1 nitrogen and oxygen atoms in total. The number of nitrogens with two attached hydrogens (primary N) is 1. The van der Waals surface area contributed by atoms with Gasteiger partial charge in [-0.1, -0.05) is 0 Å². The van der Waals surface area contributed by atoms with Crippen molar-refractivity contribution in [2.24, 2.45) is 5.73 Å². The van der Waals surface area contributed by atoms with Gasteiger partial charge in [-0.3, -0.25) is 0 Å². The summed E-state index contributed by atoms with van der Waals surface area (Å²) >= 11 is 1.07. The van der Waals surface area contributed by atoms with E-state index in [4.69, 9.17) is 5.73 Å². The number of benzene rings is 1. The molecule has 2 N–H and O–H groups in total. The highest BCUT2D eigenvalue weighted by Gasteiger charge is 2.15. The summed E-state index contributed by atoms with van der Waals surface area (Å²) in [5, 5.41) is 0. The minimum absolute atomic E-state index is 0.0635. The maximum absolute atomic E-state index is 13.4. The van der Waals surface area contributed by atoms with Crippen molar-refractivity contribution < 1.29 is 8.78 Å². The second kappa shape index (κ2) is 4.49. The highest BCUT2D eigenvalue weighted by molar-refractivity contribution is 7.98. The summed E-state index contributed by atoms with van der Waals surface area (Å²) in [7, 11) is 0. The largest absolute Gasteiger partial charge is 0.325 e. The monoisotopic (exact) mass is 231 g/mol. The Hall–Kier alpha value is -0.610. The molecular weight excluding hydrogens is 216 g/mol. The first-order chi connectivity index (χ1) is 6.83. The van der Waals surface area contributed by atoms with E-state index in [9.17, 15) is 8.78 Å². The Labute approximate surface area is 93.1 Å². The van der Waals surface area contributed by atoms with Crippen LogP contribution in [0.4, 0.5) is 8.78 Å². The molecule has 15 heavy (non-hydrogen) atoms. The minimum Gasteiger partial charge on any atom is -0.325 e. The zero-order chi connectivity index (χ0) is 11.6. The summed E-state index contributed by atoms with van der Waals surface area (Å²) in [4.78, 5) is 0.0635. The Bertz CT molecular complexity index is 335. The van der Waals surface area contributed by atoms with Crippen LogP contribution in [0.1, 0.15) is 19.4 Å². The van der Waals surface area contributed by atoms with Gasteiger partial charge in [-0.25, -0.2) is 8.78 Å². The van der Waals surface area contributed by atoms with Crippen LogP contribution in [0.5, 0.6) is 0 Å². The van der Waals surface area contributed by atoms with Gasteiger partial charge < -0.3 is 5.73 Å². The third kappa shape index (κ3) is 3.47. The highest BCUT2D eigenvalue weighted by Crippen LogP contribution is 2.25. The Morgan fingerprint density at radius 2 is 1.73 bits per heavy atom. The van der Waals surface area contributed by atoms with Crippen LogP contribution in [-0.2, 0) is 6.42 Å². The van der Waals surface area contributed by atoms with Crippen molar-refractivity contribution in [3.8, 4) is 0 Å². The standard InChI is InChI=1S/C11H15F2NS/c1-11(2,14)6-7-4-8(12)10(15-3)9(13)5-7/h4-5H,6,14H2,1-3H3. The van der Waals surface area contributed by atoms with Crippen molar-refractivity contribution in [3.63, 3.8) is 0 Å². The molecule has 0 fully saturated rings. The first-order valence-electron chi connectivity index (χ1n) is 4.64. The molecule has 0 amide bonds. The Balaban J connectivity index is 3.04. The summed E-state index contributed by atoms with van der Waals surface area (Å²) in [6, 6.07) is 2.70. The fraction of sp³-hybridized carbons (Fsp3) is 0.455. The first-order valence-corrected chi connectivity index (χ1v) is 5.87. The van der Waals surface area contributed by atoms with E-state index < -0.39 is 17.2 Å². The topological polar surface area (TPSA) is 26.0 Å². The molecule has 0 spiro atoms. The normalized spacial score (nSPS) is 11.9. The van der Waals surface area contributed by atoms with E-state index in [1.807, 2.05) is 13.8 Å². The summed E-state index contributed by atoms with van der Waals surface area (Å²) in [6.07, 6.45) is 2.10. The summed E-state index contributed by atoms with van der Waals surface area (Å²) in [5.41, 5.74) is 5.92. The van der Waals surface area contributed by atoms with Crippen molar-refractivity contribution in [2.45, 2.75) is 30.7 Å². The van der Waals surface area contributed by atoms with Gasteiger partial charge in [0.25, 0.3) is 0 Å². The van der Waals surface area contributed by atoms with E-state index in [0.717, 1.165) is 11.8 Å². The van der Waals surface area contributed by atoms with Gasteiger partial charge in [-0.15, -0.1) is 11.8 Å². The number of hydrogen-bond acceptors (Lipinski definition) is 2. The molecular formula is C11H15F2NS. The van der Waals surface area contributed by atoms with Gasteiger partial charge in [0.1, 0.15) is 11.6 Å². The fourth-order valence-electron chi connectivity index (χ4n) is 1.44. The van der Waals surface area contributed by atoms with Crippen LogP contribution in [0.25, 0.3) is 0 Å². The van der Waals surface area contributed by atoms with Crippen LogP contribution < -0.4 is 5.73 Å². The van der Waals surface area contributed by atoms with Crippen LogP contribution in [-0.4, -0.2) is 11.8 Å². The molecule has 0 radical (unpaired) electrons. The Kier molecular flexibility index (Phi) is 3.73. The molecule has 84 valence electrons. The van der Waals surface area contributed by atoms with Crippen molar-refractivity contribution in [2.75, 3.05) is 6.26 Å². The molecule has 0 heterocycles. The fourth-order valence-corrected chi connectivity index (χ4v) is 1.94. The van der Waals surface area contributed by atoms with Crippen molar-refractivity contribution in [1.29, 1.82) is 0 Å². The van der Waals surface area contributed by atoms with Gasteiger partial charge in [-0.05, 0) is 44.2 Å². The van der Waals surface area contributed by atoms with Crippen molar-refractivity contribution in [1.82, 2.24) is 0 Å². The zero-order valence-corrected chi connectivity index (χ0v) is 9.92. The molecule has 1 rings (SSSR count). The predicted molar refractivity (Wildman–Crippen MR) is 60.1 cm³/mol. The molecule has 0 aliphatic rings. The van der Waals surface area contributed by atoms with Crippen LogP contribution in [0.2, 0.25) is 0 Å². The number of rotatable bonds is 3. The van der Waals surface area contributed by atoms with Crippen LogP contribution in [0.15, 0.2) is 17.0 Å². The van der Waals surface area contributed by atoms with E-state index in [1.54, 1.807) is 6.26 Å². The molecule has 0 saturated carbocycles. The third-order valence-electron chi connectivity index (χ3n) is 1.92. The Morgan fingerprint density at radius 1 is 1.27 bits per heavy atom. The minimum atomic E-state index is -0.512. The van der Waals surface area contributed by atoms with Gasteiger partial charge >= 0.3 is 0 Å².